The van der Waals surface area contributed by atoms with Gasteiger partial charge in [-0.05, 0) is 42.7 Å². The number of esters is 1. The van der Waals surface area contributed by atoms with Crippen LogP contribution in [0.5, 0.6) is 0 Å². The Morgan fingerprint density at radius 2 is 1.75 bits per heavy atom. The van der Waals surface area contributed by atoms with E-state index in [1.165, 1.54) is 45.3 Å². The van der Waals surface area contributed by atoms with Crippen molar-refractivity contribution in [1.82, 2.24) is 9.88 Å². The fourth-order valence-electron chi connectivity index (χ4n) is 3.85. The largest absolute Gasteiger partial charge is 0.467 e. The summed E-state index contributed by atoms with van der Waals surface area (Å²) in [5, 5.41) is 2.84. The molecule has 1 amide bonds. The van der Waals surface area contributed by atoms with Gasteiger partial charge in [0.25, 0.3) is 11.5 Å². The zero-order chi connectivity index (χ0) is 26.8. The van der Waals surface area contributed by atoms with Crippen LogP contribution < -0.4 is 10.9 Å². The molecule has 1 aromatic heterocycles. The standard InChI is InChI=1S/C26H24ClF3N2O4/c1-14-6-5-7-19(27)21(14)23(33)31-20(25(35)36-4)13-16-8-10-17(11-9-16)22-18(26(28,29)30)12-15(2)32(3)24(22)34/h5-12,20H,13H2,1-4H3,(H,31,33). The van der Waals surface area contributed by atoms with E-state index in [4.69, 9.17) is 16.3 Å². The number of hydrogen-bond acceptors (Lipinski definition) is 4. The van der Waals surface area contributed by atoms with Crippen LogP contribution in [0.25, 0.3) is 11.1 Å². The van der Waals surface area contributed by atoms with Gasteiger partial charge in [0.1, 0.15) is 6.04 Å². The molecule has 0 saturated heterocycles. The normalized spacial score (nSPS) is 12.2. The van der Waals surface area contributed by atoms with Crippen molar-refractivity contribution < 1.29 is 27.5 Å². The van der Waals surface area contributed by atoms with Crippen LogP contribution in [-0.2, 0) is 29.2 Å². The van der Waals surface area contributed by atoms with Gasteiger partial charge < -0.3 is 14.6 Å². The van der Waals surface area contributed by atoms with E-state index in [0.29, 0.717) is 11.1 Å². The van der Waals surface area contributed by atoms with Gasteiger partial charge in [-0.3, -0.25) is 9.59 Å². The number of hydrogen-bond donors (Lipinski definition) is 1. The Hall–Kier alpha value is -3.59. The maximum absolute atomic E-state index is 13.7. The van der Waals surface area contributed by atoms with Crippen LogP contribution >= 0.6 is 11.6 Å². The molecule has 0 radical (unpaired) electrons. The number of carbonyl (C=O) groups excluding carboxylic acids is 2. The Balaban J connectivity index is 1.92. The number of nitrogens with zero attached hydrogens (tertiary/aromatic N) is 1. The zero-order valence-electron chi connectivity index (χ0n) is 20.0. The van der Waals surface area contributed by atoms with Crippen molar-refractivity contribution in [2.45, 2.75) is 32.5 Å². The van der Waals surface area contributed by atoms with E-state index in [1.54, 1.807) is 25.1 Å². The molecule has 6 nitrogen and oxygen atoms in total. The van der Waals surface area contributed by atoms with E-state index < -0.39 is 40.8 Å². The number of alkyl halides is 3. The molecule has 0 bridgehead atoms. The minimum absolute atomic E-state index is 0.000227. The number of carbonyl (C=O) groups is 2. The summed E-state index contributed by atoms with van der Waals surface area (Å²) >= 11 is 6.15. The molecule has 1 unspecified atom stereocenters. The highest BCUT2D eigenvalue weighted by molar-refractivity contribution is 6.34. The van der Waals surface area contributed by atoms with Gasteiger partial charge in [0, 0.05) is 19.2 Å². The van der Waals surface area contributed by atoms with Crippen molar-refractivity contribution in [2.75, 3.05) is 7.11 Å². The molecule has 0 saturated carbocycles. The summed E-state index contributed by atoms with van der Waals surface area (Å²) < 4.78 is 47.0. The van der Waals surface area contributed by atoms with Crippen LogP contribution in [0, 0.1) is 13.8 Å². The van der Waals surface area contributed by atoms with E-state index in [2.05, 4.69) is 5.32 Å². The summed E-state index contributed by atoms with van der Waals surface area (Å²) in [6, 6.07) is 10.6. The third-order valence-corrected chi connectivity index (χ3v) is 6.21. The molecule has 0 aliphatic rings. The Kier molecular flexibility index (Phi) is 7.93. The topological polar surface area (TPSA) is 77.4 Å². The molecule has 1 N–H and O–H groups in total. The third kappa shape index (κ3) is 5.62. The number of rotatable bonds is 6. The molecule has 3 aromatic rings. The quantitative estimate of drug-likeness (QED) is 0.471. The number of ether oxygens (including phenoxy) is 1. The molecule has 10 heteroatoms. The molecule has 0 spiro atoms. The molecule has 36 heavy (non-hydrogen) atoms. The molecule has 3 rings (SSSR count). The van der Waals surface area contributed by atoms with Gasteiger partial charge in [0.2, 0.25) is 0 Å². The summed E-state index contributed by atoms with van der Waals surface area (Å²) in [5.41, 5.74) is -0.630. The maximum Gasteiger partial charge on any atom is 0.417 e. The van der Waals surface area contributed by atoms with Crippen LogP contribution in [0.15, 0.2) is 53.3 Å². The fraction of sp³-hybridized carbons (Fsp3) is 0.269. The summed E-state index contributed by atoms with van der Waals surface area (Å²) in [7, 11) is 2.58. The first kappa shape index (κ1) is 27.0. The molecule has 190 valence electrons. The molecular weight excluding hydrogens is 497 g/mol. The fourth-order valence-corrected chi connectivity index (χ4v) is 4.16. The Morgan fingerprint density at radius 3 is 2.31 bits per heavy atom. The minimum atomic E-state index is -4.72. The van der Waals surface area contributed by atoms with Crippen molar-refractivity contribution in [3.8, 4) is 11.1 Å². The highest BCUT2D eigenvalue weighted by Crippen LogP contribution is 2.35. The summed E-state index contributed by atoms with van der Waals surface area (Å²) in [5.74, 6) is -1.27. The summed E-state index contributed by atoms with van der Waals surface area (Å²) in [6.07, 6.45) is -4.72. The zero-order valence-corrected chi connectivity index (χ0v) is 20.8. The number of aromatic nitrogens is 1. The number of methoxy groups -OCH3 is 1. The predicted molar refractivity (Wildman–Crippen MR) is 130 cm³/mol. The van der Waals surface area contributed by atoms with E-state index in [1.807, 2.05) is 0 Å². The molecule has 2 aromatic carbocycles. The van der Waals surface area contributed by atoms with Crippen LogP contribution in [0.4, 0.5) is 13.2 Å². The average molecular weight is 521 g/mol. The number of nitrogens with one attached hydrogen (secondary N) is 1. The number of halogens is 4. The van der Waals surface area contributed by atoms with Crippen molar-refractivity contribution in [1.29, 1.82) is 0 Å². The van der Waals surface area contributed by atoms with Gasteiger partial charge in [-0.25, -0.2) is 4.79 Å². The van der Waals surface area contributed by atoms with Crippen molar-refractivity contribution >= 4 is 23.5 Å². The molecule has 0 fully saturated rings. The van der Waals surface area contributed by atoms with Gasteiger partial charge in [0.15, 0.2) is 0 Å². The van der Waals surface area contributed by atoms with E-state index in [9.17, 15) is 27.6 Å². The molecular formula is C26H24ClF3N2O4. The van der Waals surface area contributed by atoms with Crippen molar-refractivity contribution in [2.24, 2.45) is 7.05 Å². The van der Waals surface area contributed by atoms with E-state index in [-0.39, 0.29) is 28.3 Å². The predicted octanol–water partition coefficient (Wildman–Crippen LogP) is 4.86. The van der Waals surface area contributed by atoms with Crippen LogP contribution in [0.2, 0.25) is 5.02 Å². The number of aryl methyl sites for hydroxylation is 2. The Labute approximate surface area is 210 Å². The maximum atomic E-state index is 13.7. The lowest BCUT2D eigenvalue weighted by Crippen LogP contribution is -2.43. The smallest absolute Gasteiger partial charge is 0.417 e. The SMILES string of the molecule is COC(=O)C(Cc1ccc(-c2c(C(F)(F)F)cc(C)n(C)c2=O)cc1)NC(=O)c1c(C)cccc1Cl. The van der Waals surface area contributed by atoms with E-state index in [0.717, 1.165) is 10.6 Å². The average Bonchev–Trinajstić information content (AvgIpc) is 2.81. The lowest BCUT2D eigenvalue weighted by atomic mass is 9.97. The first-order valence-electron chi connectivity index (χ1n) is 10.9. The highest BCUT2D eigenvalue weighted by Gasteiger charge is 2.36. The first-order valence-corrected chi connectivity index (χ1v) is 11.2. The summed E-state index contributed by atoms with van der Waals surface area (Å²) in [4.78, 5) is 37.9. The lowest BCUT2D eigenvalue weighted by molar-refractivity contribution is -0.143. The second-order valence-electron chi connectivity index (χ2n) is 8.32. The minimum Gasteiger partial charge on any atom is -0.467 e. The number of amides is 1. The third-order valence-electron chi connectivity index (χ3n) is 5.90. The van der Waals surface area contributed by atoms with Crippen molar-refractivity contribution in [3.05, 3.63) is 91.9 Å². The van der Waals surface area contributed by atoms with Gasteiger partial charge >= 0.3 is 12.1 Å². The second-order valence-corrected chi connectivity index (χ2v) is 8.73. The number of pyridine rings is 1. The van der Waals surface area contributed by atoms with Crippen molar-refractivity contribution in [3.63, 3.8) is 0 Å². The molecule has 0 aliphatic carbocycles. The number of benzene rings is 2. The molecule has 1 atom stereocenters. The Bertz CT molecular complexity index is 1350. The Morgan fingerprint density at radius 1 is 1.11 bits per heavy atom. The van der Waals surface area contributed by atoms with Crippen LogP contribution in [-0.4, -0.2) is 29.6 Å². The molecule has 0 aliphatic heterocycles. The second kappa shape index (κ2) is 10.6. The monoisotopic (exact) mass is 520 g/mol. The molecule has 1 heterocycles. The van der Waals surface area contributed by atoms with Gasteiger partial charge in [-0.15, -0.1) is 0 Å². The van der Waals surface area contributed by atoms with Crippen LogP contribution in [0.3, 0.4) is 0 Å². The van der Waals surface area contributed by atoms with E-state index >= 15 is 0 Å². The van der Waals surface area contributed by atoms with Gasteiger partial charge in [0.05, 0.1) is 28.8 Å². The van der Waals surface area contributed by atoms with Gasteiger partial charge in [-0.2, -0.15) is 13.2 Å². The highest BCUT2D eigenvalue weighted by atomic mass is 35.5. The van der Waals surface area contributed by atoms with Gasteiger partial charge in [-0.1, -0.05) is 48.0 Å². The van der Waals surface area contributed by atoms with Crippen LogP contribution in [0.1, 0.15) is 32.7 Å². The lowest BCUT2D eigenvalue weighted by Gasteiger charge is -2.19. The first-order chi connectivity index (χ1) is 16.8. The summed E-state index contributed by atoms with van der Waals surface area (Å²) in [6.45, 7) is 3.13.